The van der Waals surface area contributed by atoms with Crippen LogP contribution in [-0.2, 0) is 6.42 Å². The second-order valence-corrected chi connectivity index (χ2v) is 6.45. The SMILES string of the molecule is Cc1ccc(CC(Br)C(C)Br)c(C)c1. The summed E-state index contributed by atoms with van der Waals surface area (Å²) >= 11 is 7.27. The Kier molecular flexibility index (Phi) is 4.65. The van der Waals surface area contributed by atoms with Crippen molar-refractivity contribution in [3.05, 3.63) is 34.9 Å². The summed E-state index contributed by atoms with van der Waals surface area (Å²) in [6.45, 7) is 6.49. The normalized spacial score (nSPS) is 15.2. The quantitative estimate of drug-likeness (QED) is 0.725. The molecule has 2 atom stereocenters. The fraction of sp³-hybridized carbons (Fsp3) is 0.500. The highest BCUT2D eigenvalue weighted by Crippen LogP contribution is 2.21. The maximum absolute atomic E-state index is 3.68. The molecular formula is C12H16Br2. The van der Waals surface area contributed by atoms with E-state index < -0.39 is 0 Å². The van der Waals surface area contributed by atoms with Gasteiger partial charge in [-0.15, -0.1) is 0 Å². The Bertz CT molecular complexity index is 305. The first-order valence-corrected chi connectivity index (χ1v) is 6.68. The van der Waals surface area contributed by atoms with Crippen LogP contribution in [0.3, 0.4) is 0 Å². The van der Waals surface area contributed by atoms with Gasteiger partial charge in [0.15, 0.2) is 0 Å². The molecule has 0 fully saturated rings. The number of aryl methyl sites for hydroxylation is 2. The predicted octanol–water partition coefficient (Wildman–Crippen LogP) is 4.39. The Morgan fingerprint density at radius 2 is 1.86 bits per heavy atom. The molecule has 0 aliphatic heterocycles. The molecule has 2 unspecified atom stereocenters. The van der Waals surface area contributed by atoms with Gasteiger partial charge in [0, 0.05) is 9.65 Å². The predicted molar refractivity (Wildman–Crippen MR) is 70.7 cm³/mol. The van der Waals surface area contributed by atoms with Gasteiger partial charge in [0.1, 0.15) is 0 Å². The standard InChI is InChI=1S/C12H16Br2/c1-8-4-5-11(9(2)6-8)7-12(14)10(3)13/h4-6,10,12H,7H2,1-3H3. The first-order chi connectivity index (χ1) is 6.50. The van der Waals surface area contributed by atoms with E-state index in [1.165, 1.54) is 16.7 Å². The third-order valence-electron chi connectivity index (χ3n) is 2.41. The Hall–Kier alpha value is 0.180. The van der Waals surface area contributed by atoms with Gasteiger partial charge in [-0.1, -0.05) is 62.5 Å². The highest BCUT2D eigenvalue weighted by atomic mass is 79.9. The number of hydrogen-bond acceptors (Lipinski definition) is 0. The number of benzene rings is 1. The van der Waals surface area contributed by atoms with Crippen LogP contribution in [-0.4, -0.2) is 9.65 Å². The van der Waals surface area contributed by atoms with Crippen LogP contribution in [0.4, 0.5) is 0 Å². The molecule has 0 N–H and O–H groups in total. The molecule has 0 aromatic heterocycles. The van der Waals surface area contributed by atoms with Crippen LogP contribution in [0.25, 0.3) is 0 Å². The Balaban J connectivity index is 2.77. The number of hydrogen-bond donors (Lipinski definition) is 0. The van der Waals surface area contributed by atoms with Gasteiger partial charge >= 0.3 is 0 Å². The van der Waals surface area contributed by atoms with Crippen LogP contribution in [0.1, 0.15) is 23.6 Å². The van der Waals surface area contributed by atoms with E-state index in [2.05, 4.69) is 70.8 Å². The van der Waals surface area contributed by atoms with Gasteiger partial charge < -0.3 is 0 Å². The smallest absolute Gasteiger partial charge is 0.0308 e. The largest absolute Gasteiger partial charge is 0.0881 e. The molecule has 0 aliphatic rings. The highest BCUT2D eigenvalue weighted by molar-refractivity contribution is 9.12. The summed E-state index contributed by atoms with van der Waals surface area (Å²) in [5, 5.41) is 0. The molecule has 0 radical (unpaired) electrons. The van der Waals surface area contributed by atoms with E-state index in [1.807, 2.05) is 0 Å². The van der Waals surface area contributed by atoms with Crippen molar-refractivity contribution in [1.29, 1.82) is 0 Å². The molecule has 0 heterocycles. The van der Waals surface area contributed by atoms with Crippen molar-refractivity contribution >= 4 is 31.9 Å². The highest BCUT2D eigenvalue weighted by Gasteiger charge is 2.12. The van der Waals surface area contributed by atoms with E-state index in [0.29, 0.717) is 9.65 Å². The van der Waals surface area contributed by atoms with Crippen LogP contribution in [0.15, 0.2) is 18.2 Å². The zero-order chi connectivity index (χ0) is 10.7. The minimum absolute atomic E-state index is 0.503. The zero-order valence-corrected chi connectivity index (χ0v) is 12.0. The van der Waals surface area contributed by atoms with Crippen molar-refractivity contribution < 1.29 is 0 Å². The molecule has 1 aromatic carbocycles. The molecular weight excluding hydrogens is 304 g/mol. The molecule has 0 aliphatic carbocycles. The fourth-order valence-corrected chi connectivity index (χ4v) is 1.98. The van der Waals surface area contributed by atoms with E-state index >= 15 is 0 Å². The molecule has 14 heavy (non-hydrogen) atoms. The molecule has 2 heteroatoms. The van der Waals surface area contributed by atoms with E-state index in [4.69, 9.17) is 0 Å². The summed E-state index contributed by atoms with van der Waals surface area (Å²) in [5.41, 5.74) is 4.16. The van der Waals surface area contributed by atoms with Gasteiger partial charge in [-0.05, 0) is 31.4 Å². The Morgan fingerprint density at radius 3 is 2.36 bits per heavy atom. The van der Waals surface area contributed by atoms with Crippen molar-refractivity contribution in [3.63, 3.8) is 0 Å². The molecule has 1 aromatic rings. The average molecular weight is 320 g/mol. The minimum Gasteiger partial charge on any atom is -0.0881 e. The number of halogens is 2. The van der Waals surface area contributed by atoms with Gasteiger partial charge in [0.05, 0.1) is 0 Å². The summed E-state index contributed by atoms with van der Waals surface area (Å²) in [5.74, 6) is 0. The topological polar surface area (TPSA) is 0 Å². The summed E-state index contributed by atoms with van der Waals surface area (Å²) in [6.07, 6.45) is 1.08. The van der Waals surface area contributed by atoms with Crippen molar-refractivity contribution in [2.75, 3.05) is 0 Å². The molecule has 0 bridgehead atoms. The second kappa shape index (κ2) is 5.32. The van der Waals surface area contributed by atoms with E-state index in [1.54, 1.807) is 0 Å². The second-order valence-electron chi connectivity index (χ2n) is 3.83. The van der Waals surface area contributed by atoms with E-state index in [-0.39, 0.29) is 0 Å². The van der Waals surface area contributed by atoms with Crippen LogP contribution >= 0.6 is 31.9 Å². The zero-order valence-electron chi connectivity index (χ0n) is 8.85. The molecule has 0 nitrogen and oxygen atoms in total. The minimum atomic E-state index is 0.503. The summed E-state index contributed by atoms with van der Waals surface area (Å²) < 4.78 is 0. The van der Waals surface area contributed by atoms with E-state index in [9.17, 15) is 0 Å². The van der Waals surface area contributed by atoms with Gasteiger partial charge in [-0.3, -0.25) is 0 Å². The first-order valence-electron chi connectivity index (χ1n) is 4.85. The summed E-state index contributed by atoms with van der Waals surface area (Å²) in [4.78, 5) is 1.01. The lowest BCUT2D eigenvalue weighted by Crippen LogP contribution is -2.13. The van der Waals surface area contributed by atoms with Crippen LogP contribution in [0.2, 0.25) is 0 Å². The van der Waals surface area contributed by atoms with Gasteiger partial charge in [0.25, 0.3) is 0 Å². The molecule has 0 amide bonds. The lowest BCUT2D eigenvalue weighted by molar-refractivity contribution is 0.851. The summed E-state index contributed by atoms with van der Waals surface area (Å²) in [7, 11) is 0. The molecule has 0 saturated carbocycles. The molecule has 78 valence electrons. The maximum Gasteiger partial charge on any atom is 0.0308 e. The van der Waals surface area contributed by atoms with Gasteiger partial charge in [-0.25, -0.2) is 0 Å². The monoisotopic (exact) mass is 318 g/mol. The lowest BCUT2D eigenvalue weighted by atomic mass is 10.0. The fourth-order valence-electron chi connectivity index (χ4n) is 1.45. The van der Waals surface area contributed by atoms with Crippen molar-refractivity contribution in [2.24, 2.45) is 0 Å². The van der Waals surface area contributed by atoms with Crippen LogP contribution < -0.4 is 0 Å². The van der Waals surface area contributed by atoms with Crippen molar-refractivity contribution in [1.82, 2.24) is 0 Å². The number of alkyl halides is 2. The third kappa shape index (κ3) is 3.39. The van der Waals surface area contributed by atoms with Gasteiger partial charge in [0.2, 0.25) is 0 Å². The first kappa shape index (κ1) is 12.3. The van der Waals surface area contributed by atoms with E-state index in [0.717, 1.165) is 6.42 Å². The van der Waals surface area contributed by atoms with Crippen LogP contribution in [0, 0.1) is 13.8 Å². The average Bonchev–Trinajstić information content (AvgIpc) is 2.09. The molecule has 1 rings (SSSR count). The third-order valence-corrected chi connectivity index (χ3v) is 4.88. The molecule has 0 spiro atoms. The van der Waals surface area contributed by atoms with Gasteiger partial charge in [-0.2, -0.15) is 0 Å². The Morgan fingerprint density at radius 1 is 1.21 bits per heavy atom. The summed E-state index contributed by atoms with van der Waals surface area (Å²) in [6, 6.07) is 6.66. The van der Waals surface area contributed by atoms with Crippen molar-refractivity contribution in [3.8, 4) is 0 Å². The Labute approximate surface area is 103 Å². The lowest BCUT2D eigenvalue weighted by Gasteiger charge is -2.14. The number of rotatable bonds is 3. The van der Waals surface area contributed by atoms with Crippen LogP contribution in [0.5, 0.6) is 0 Å². The molecule has 0 saturated heterocycles. The maximum atomic E-state index is 3.68. The van der Waals surface area contributed by atoms with Crippen molar-refractivity contribution in [2.45, 2.75) is 36.8 Å².